The summed E-state index contributed by atoms with van der Waals surface area (Å²) < 4.78 is 26.2. The summed E-state index contributed by atoms with van der Waals surface area (Å²) in [5.41, 5.74) is 2.25. The van der Waals surface area contributed by atoms with Crippen molar-refractivity contribution in [2.24, 2.45) is 0 Å². The van der Waals surface area contributed by atoms with Gasteiger partial charge in [-0.3, -0.25) is 9.69 Å². The fraction of sp³-hybridized carbons (Fsp3) is 0.0476. The molecule has 6 nitrogen and oxygen atoms in total. The average Bonchev–Trinajstić information content (AvgIpc) is 3.04. The number of amides is 3. The normalized spacial score (nSPS) is 14.6. The summed E-state index contributed by atoms with van der Waals surface area (Å²) in [4.78, 5) is 26.1. The summed E-state index contributed by atoms with van der Waals surface area (Å²) in [7, 11) is -4.28. The third kappa shape index (κ3) is 3.05. The van der Waals surface area contributed by atoms with E-state index in [4.69, 9.17) is 0 Å². The van der Waals surface area contributed by atoms with Gasteiger partial charge in [0, 0.05) is 5.69 Å². The summed E-state index contributed by atoms with van der Waals surface area (Å²) >= 11 is 0. The van der Waals surface area contributed by atoms with Gasteiger partial charge in [-0.05, 0) is 35.4 Å². The minimum atomic E-state index is -4.28. The third-order valence-electron chi connectivity index (χ3n) is 4.49. The number of para-hydroxylation sites is 1. The molecule has 3 aromatic rings. The molecular weight excluding hydrogens is 376 g/mol. The minimum absolute atomic E-state index is 0.108. The fourth-order valence-corrected chi connectivity index (χ4v) is 4.41. The van der Waals surface area contributed by atoms with Crippen molar-refractivity contribution in [2.45, 2.75) is 4.90 Å². The molecule has 1 heterocycles. The number of hydrogen-bond donors (Lipinski definition) is 0. The van der Waals surface area contributed by atoms with E-state index in [9.17, 15) is 18.0 Å². The number of benzene rings is 3. The van der Waals surface area contributed by atoms with Gasteiger partial charge in [0.25, 0.3) is 15.9 Å². The number of rotatable bonds is 4. The number of sulfonamides is 1. The highest BCUT2D eigenvalue weighted by Crippen LogP contribution is 2.28. The lowest BCUT2D eigenvalue weighted by molar-refractivity contribution is -0.121. The van der Waals surface area contributed by atoms with Crippen LogP contribution in [0.25, 0.3) is 11.1 Å². The first-order chi connectivity index (χ1) is 13.5. The van der Waals surface area contributed by atoms with Crippen LogP contribution in [-0.4, -0.2) is 31.2 Å². The van der Waals surface area contributed by atoms with E-state index in [1.807, 2.05) is 30.3 Å². The molecule has 1 aliphatic rings. The molecular formula is C21H16N2O4S. The van der Waals surface area contributed by atoms with Gasteiger partial charge in [-0.15, -0.1) is 4.31 Å². The van der Waals surface area contributed by atoms with E-state index in [-0.39, 0.29) is 11.4 Å². The van der Waals surface area contributed by atoms with Crippen molar-refractivity contribution in [3.63, 3.8) is 0 Å². The lowest BCUT2D eigenvalue weighted by Crippen LogP contribution is -2.38. The fourth-order valence-electron chi connectivity index (χ4n) is 3.09. The maximum atomic E-state index is 12.9. The number of imide groups is 1. The Hall–Kier alpha value is -3.45. The highest BCUT2D eigenvalue weighted by Gasteiger charge is 2.45. The van der Waals surface area contributed by atoms with E-state index in [2.05, 4.69) is 0 Å². The standard InChI is InChI=1S/C21H16N2O4S/c24-20-15-22(18-9-5-2-6-10-18)21(25)23(20)28(26,27)19-13-11-17(12-14-19)16-7-3-1-4-8-16/h1-14H,15H2. The van der Waals surface area contributed by atoms with Gasteiger partial charge in [0.05, 0.1) is 4.90 Å². The van der Waals surface area contributed by atoms with Gasteiger partial charge in [0.2, 0.25) is 0 Å². The van der Waals surface area contributed by atoms with E-state index in [1.54, 1.807) is 42.5 Å². The van der Waals surface area contributed by atoms with Crippen LogP contribution in [0.4, 0.5) is 10.5 Å². The number of urea groups is 1. The molecule has 0 N–H and O–H groups in total. The third-order valence-corrected chi connectivity index (χ3v) is 6.20. The first-order valence-corrected chi connectivity index (χ1v) is 10.0. The summed E-state index contributed by atoms with van der Waals surface area (Å²) in [6, 6.07) is 23.2. The molecule has 0 unspecified atom stereocenters. The number of hydrogen-bond acceptors (Lipinski definition) is 4. The summed E-state index contributed by atoms with van der Waals surface area (Å²) in [5, 5.41) is 0. The van der Waals surface area contributed by atoms with Crippen LogP contribution in [0.3, 0.4) is 0 Å². The number of carbonyl (C=O) groups is 2. The van der Waals surface area contributed by atoms with Gasteiger partial charge >= 0.3 is 6.03 Å². The quantitative estimate of drug-likeness (QED) is 0.637. The van der Waals surface area contributed by atoms with Gasteiger partial charge < -0.3 is 0 Å². The molecule has 0 radical (unpaired) electrons. The Morgan fingerprint density at radius 3 is 1.82 bits per heavy atom. The smallest absolute Gasteiger partial charge is 0.284 e. The van der Waals surface area contributed by atoms with Crippen LogP contribution >= 0.6 is 0 Å². The Morgan fingerprint density at radius 1 is 0.679 bits per heavy atom. The summed E-state index contributed by atoms with van der Waals surface area (Å²) in [6.45, 7) is -0.315. The highest BCUT2D eigenvalue weighted by atomic mass is 32.2. The molecule has 28 heavy (non-hydrogen) atoms. The molecule has 0 atom stereocenters. The lowest BCUT2D eigenvalue weighted by Gasteiger charge is -2.17. The molecule has 0 aromatic heterocycles. The number of carbonyl (C=O) groups excluding carboxylic acids is 2. The lowest BCUT2D eigenvalue weighted by atomic mass is 10.1. The van der Waals surface area contributed by atoms with Gasteiger partial charge in [-0.25, -0.2) is 13.2 Å². The van der Waals surface area contributed by atoms with E-state index >= 15 is 0 Å². The first kappa shape index (κ1) is 17.9. The van der Waals surface area contributed by atoms with Crippen LogP contribution in [0.15, 0.2) is 89.8 Å². The van der Waals surface area contributed by atoms with Gasteiger partial charge in [0.1, 0.15) is 6.54 Å². The predicted octanol–water partition coefficient (Wildman–Crippen LogP) is 3.51. The largest absolute Gasteiger partial charge is 0.346 e. The molecule has 140 valence electrons. The van der Waals surface area contributed by atoms with Gasteiger partial charge in [-0.2, -0.15) is 0 Å². The van der Waals surface area contributed by atoms with Crippen molar-refractivity contribution in [1.29, 1.82) is 0 Å². The summed E-state index contributed by atoms with van der Waals surface area (Å²) in [5.74, 6) is -0.777. The second-order valence-electron chi connectivity index (χ2n) is 6.26. The second-order valence-corrected chi connectivity index (χ2v) is 8.04. The average molecular weight is 392 g/mol. The van der Waals surface area contributed by atoms with Crippen molar-refractivity contribution in [3.05, 3.63) is 84.9 Å². The highest BCUT2D eigenvalue weighted by molar-refractivity contribution is 7.90. The molecule has 1 saturated heterocycles. The molecule has 7 heteroatoms. The van der Waals surface area contributed by atoms with Crippen molar-refractivity contribution in [1.82, 2.24) is 4.31 Å². The second kappa shape index (κ2) is 6.94. The van der Waals surface area contributed by atoms with E-state index < -0.39 is 22.0 Å². The van der Waals surface area contributed by atoms with E-state index in [0.717, 1.165) is 16.0 Å². The van der Waals surface area contributed by atoms with Crippen LogP contribution in [-0.2, 0) is 14.8 Å². The first-order valence-electron chi connectivity index (χ1n) is 8.59. The zero-order valence-corrected chi connectivity index (χ0v) is 15.5. The van der Waals surface area contributed by atoms with Crippen molar-refractivity contribution in [2.75, 3.05) is 11.4 Å². The molecule has 0 aliphatic carbocycles. The monoisotopic (exact) mass is 392 g/mol. The minimum Gasteiger partial charge on any atom is -0.284 e. The Bertz CT molecular complexity index is 1130. The molecule has 3 aromatic carbocycles. The Labute approximate surface area is 162 Å². The van der Waals surface area contributed by atoms with Crippen molar-refractivity contribution < 1.29 is 18.0 Å². The zero-order chi connectivity index (χ0) is 19.7. The van der Waals surface area contributed by atoms with Crippen molar-refractivity contribution in [3.8, 4) is 11.1 Å². The van der Waals surface area contributed by atoms with E-state index in [1.165, 1.54) is 12.1 Å². The zero-order valence-electron chi connectivity index (χ0n) is 14.7. The predicted molar refractivity (Wildman–Crippen MR) is 105 cm³/mol. The van der Waals surface area contributed by atoms with Gasteiger partial charge in [-0.1, -0.05) is 60.7 Å². The molecule has 1 aliphatic heterocycles. The van der Waals surface area contributed by atoms with Crippen LogP contribution < -0.4 is 4.90 Å². The van der Waals surface area contributed by atoms with E-state index in [0.29, 0.717) is 9.99 Å². The molecule has 0 spiro atoms. The van der Waals surface area contributed by atoms with Crippen LogP contribution in [0.2, 0.25) is 0 Å². The van der Waals surface area contributed by atoms with Crippen molar-refractivity contribution >= 4 is 27.6 Å². The molecule has 1 fully saturated rings. The molecule has 3 amide bonds. The number of nitrogens with zero attached hydrogens (tertiary/aromatic N) is 2. The summed E-state index contributed by atoms with van der Waals surface area (Å²) in [6.07, 6.45) is 0. The van der Waals surface area contributed by atoms with Crippen LogP contribution in [0.5, 0.6) is 0 Å². The SMILES string of the molecule is O=C1CN(c2ccccc2)C(=O)N1S(=O)(=O)c1ccc(-c2ccccc2)cc1. The maximum Gasteiger partial charge on any atom is 0.346 e. The Balaban J connectivity index is 1.65. The topological polar surface area (TPSA) is 74.8 Å². The van der Waals surface area contributed by atoms with Crippen LogP contribution in [0, 0.1) is 0 Å². The van der Waals surface area contributed by atoms with Crippen LogP contribution in [0.1, 0.15) is 0 Å². The maximum absolute atomic E-state index is 12.9. The molecule has 0 bridgehead atoms. The Morgan fingerprint density at radius 2 is 1.21 bits per heavy atom. The molecule has 0 saturated carbocycles. The Kier molecular flexibility index (Phi) is 4.44. The number of anilines is 1. The van der Waals surface area contributed by atoms with Gasteiger partial charge in [0.15, 0.2) is 0 Å². The molecule has 4 rings (SSSR count).